The predicted octanol–water partition coefficient (Wildman–Crippen LogP) is 3.53. The fraction of sp³-hybridized carbons (Fsp3) is 0.379. The second-order valence-electron chi connectivity index (χ2n) is 9.84. The lowest BCUT2D eigenvalue weighted by atomic mass is 9.92. The van der Waals surface area contributed by atoms with Gasteiger partial charge < -0.3 is 19.1 Å². The van der Waals surface area contributed by atoms with Crippen LogP contribution in [0.15, 0.2) is 42.0 Å². The zero-order valence-corrected chi connectivity index (χ0v) is 22.0. The molecular weight excluding hydrogens is 502 g/mol. The lowest BCUT2D eigenvalue weighted by Crippen LogP contribution is -2.58. The zero-order chi connectivity index (χ0) is 27.5. The van der Waals surface area contributed by atoms with E-state index in [0.717, 1.165) is 19.3 Å². The number of rotatable bonds is 7. The number of hydrogen-bond acceptors (Lipinski definition) is 7. The highest BCUT2D eigenvalue weighted by atomic mass is 16.7. The topological polar surface area (TPSA) is 114 Å². The van der Waals surface area contributed by atoms with E-state index in [4.69, 9.17) is 14.2 Å². The number of likely N-dealkylation sites (N-methyl/N-ethyl adjacent to an activating group) is 1. The van der Waals surface area contributed by atoms with Crippen LogP contribution in [0.5, 0.6) is 17.2 Å². The van der Waals surface area contributed by atoms with Crippen molar-refractivity contribution in [2.45, 2.75) is 44.6 Å². The molecule has 0 spiro atoms. The first-order chi connectivity index (χ1) is 18.9. The summed E-state index contributed by atoms with van der Waals surface area (Å²) in [5.74, 6) is -0.375. The number of benzene rings is 2. The molecule has 1 saturated carbocycles. The fourth-order valence-corrected chi connectivity index (χ4v) is 5.32. The normalized spacial score (nSPS) is 18.4. The second-order valence-corrected chi connectivity index (χ2v) is 9.84. The van der Waals surface area contributed by atoms with E-state index in [1.807, 2.05) is 18.2 Å². The number of methoxy groups -OCH3 is 1. The van der Waals surface area contributed by atoms with Gasteiger partial charge in [-0.25, -0.2) is 4.79 Å². The van der Waals surface area contributed by atoms with E-state index >= 15 is 0 Å². The van der Waals surface area contributed by atoms with Gasteiger partial charge in [-0.05, 0) is 49.1 Å². The van der Waals surface area contributed by atoms with Gasteiger partial charge in [0.1, 0.15) is 5.57 Å². The molecule has 1 N–H and O–H groups in total. The highest BCUT2D eigenvalue weighted by Crippen LogP contribution is 2.46. The number of ether oxygens (including phenoxy) is 3. The quantitative estimate of drug-likeness (QED) is 0.428. The van der Waals surface area contributed by atoms with Crippen LogP contribution in [0.1, 0.15) is 53.6 Å². The summed E-state index contributed by atoms with van der Waals surface area (Å²) in [5.41, 5.74) is 1.56. The van der Waals surface area contributed by atoms with Crippen LogP contribution in [-0.2, 0) is 16.0 Å². The van der Waals surface area contributed by atoms with Gasteiger partial charge >= 0.3 is 6.03 Å². The molecule has 5 amide bonds. The van der Waals surface area contributed by atoms with Crippen molar-refractivity contribution in [1.29, 1.82) is 0 Å². The van der Waals surface area contributed by atoms with Crippen molar-refractivity contribution in [3.05, 3.63) is 58.7 Å². The van der Waals surface area contributed by atoms with Gasteiger partial charge in [0.25, 0.3) is 17.7 Å². The minimum absolute atomic E-state index is 0.000923. The maximum Gasteiger partial charge on any atom is 0.331 e. The maximum atomic E-state index is 13.5. The molecule has 2 heterocycles. The Morgan fingerprint density at radius 3 is 2.59 bits per heavy atom. The number of carbonyl (C=O) groups is 4. The third kappa shape index (κ3) is 5.19. The molecular formula is C29H31N3O7. The molecule has 10 nitrogen and oxygen atoms in total. The Labute approximate surface area is 226 Å². The van der Waals surface area contributed by atoms with Crippen molar-refractivity contribution < 1.29 is 33.4 Å². The summed E-state index contributed by atoms with van der Waals surface area (Å²) in [6, 6.07) is 9.81. The third-order valence-corrected chi connectivity index (χ3v) is 7.39. The molecule has 0 unspecified atom stereocenters. The first-order valence-corrected chi connectivity index (χ1v) is 13.1. The van der Waals surface area contributed by atoms with Gasteiger partial charge in [0.2, 0.25) is 12.5 Å². The Balaban J connectivity index is 1.49. The molecule has 0 atom stereocenters. The molecule has 0 aromatic heterocycles. The monoisotopic (exact) mass is 533 g/mol. The van der Waals surface area contributed by atoms with Crippen LogP contribution in [0.2, 0.25) is 0 Å². The summed E-state index contributed by atoms with van der Waals surface area (Å²) in [4.78, 5) is 54.8. The first kappa shape index (κ1) is 26.3. The number of barbiturate groups is 1. The predicted molar refractivity (Wildman–Crippen MR) is 141 cm³/mol. The van der Waals surface area contributed by atoms with Crippen LogP contribution >= 0.6 is 0 Å². The summed E-state index contributed by atoms with van der Waals surface area (Å²) < 4.78 is 16.9. The van der Waals surface area contributed by atoms with E-state index in [9.17, 15) is 19.2 Å². The van der Waals surface area contributed by atoms with Gasteiger partial charge in [0, 0.05) is 30.8 Å². The lowest BCUT2D eigenvalue weighted by molar-refractivity contribution is -0.132. The van der Waals surface area contributed by atoms with Crippen LogP contribution in [0.25, 0.3) is 6.08 Å². The first-order valence-electron chi connectivity index (χ1n) is 13.1. The molecule has 2 aliphatic heterocycles. The lowest BCUT2D eigenvalue weighted by Gasteiger charge is -2.35. The number of carbonyl (C=O) groups excluding carboxylic acids is 4. The van der Waals surface area contributed by atoms with Gasteiger partial charge in [0.05, 0.1) is 7.11 Å². The largest absolute Gasteiger partial charge is 0.492 e. The number of nitrogens with zero attached hydrogens (tertiary/aromatic N) is 2. The zero-order valence-electron chi connectivity index (χ0n) is 22.0. The van der Waals surface area contributed by atoms with E-state index < -0.39 is 17.8 Å². The average molecular weight is 534 g/mol. The van der Waals surface area contributed by atoms with E-state index in [1.54, 1.807) is 30.1 Å². The Morgan fingerprint density at radius 1 is 1.13 bits per heavy atom. The summed E-state index contributed by atoms with van der Waals surface area (Å²) in [6.07, 6.45) is 6.15. The second kappa shape index (κ2) is 11.2. The van der Waals surface area contributed by atoms with Gasteiger partial charge in [-0.2, -0.15) is 0 Å². The number of imide groups is 2. The summed E-state index contributed by atoms with van der Waals surface area (Å²) >= 11 is 0. The molecule has 0 bridgehead atoms. The minimum Gasteiger partial charge on any atom is -0.492 e. The molecule has 1 saturated heterocycles. The molecule has 1 aliphatic carbocycles. The molecule has 3 aliphatic rings. The fourth-order valence-electron chi connectivity index (χ4n) is 5.32. The third-order valence-electron chi connectivity index (χ3n) is 7.39. The van der Waals surface area contributed by atoms with E-state index in [-0.39, 0.29) is 24.3 Å². The van der Waals surface area contributed by atoms with Crippen molar-refractivity contribution in [2.75, 3.05) is 27.5 Å². The van der Waals surface area contributed by atoms with Crippen molar-refractivity contribution in [3.8, 4) is 17.2 Å². The van der Waals surface area contributed by atoms with Crippen molar-refractivity contribution in [3.63, 3.8) is 0 Å². The highest BCUT2D eigenvalue weighted by Gasteiger charge is 2.40. The number of fused-ring (bicyclic) bond motifs is 1. The molecule has 5 rings (SSSR count). The van der Waals surface area contributed by atoms with E-state index in [0.29, 0.717) is 59.7 Å². The summed E-state index contributed by atoms with van der Waals surface area (Å²) in [6.45, 7) is 0.348. The molecule has 2 fully saturated rings. The number of nitrogens with one attached hydrogen (secondary N) is 1. The Morgan fingerprint density at radius 2 is 1.87 bits per heavy atom. The van der Waals surface area contributed by atoms with Gasteiger partial charge in [-0.1, -0.05) is 37.5 Å². The van der Waals surface area contributed by atoms with Gasteiger partial charge in [-0.15, -0.1) is 0 Å². The standard InChI is InChI=1S/C29H31N3O7/c1-31(27(34)18-9-5-3-6-10-18)14-13-19-15-23-25(39-17-38-23)24(37-2)21(19)16-22-26(33)30-29(36)32(28(22)35)20-11-7-4-8-12-20/h3,5-6,9-10,15-16,20H,4,7-8,11-14,17H2,1-2H3,(H,30,33,36). The Bertz CT molecular complexity index is 1330. The molecule has 39 heavy (non-hydrogen) atoms. The molecule has 2 aromatic carbocycles. The van der Waals surface area contributed by atoms with Crippen LogP contribution in [0.3, 0.4) is 0 Å². The summed E-state index contributed by atoms with van der Waals surface area (Å²) in [7, 11) is 3.18. The molecule has 0 radical (unpaired) electrons. The van der Waals surface area contributed by atoms with Crippen molar-refractivity contribution in [2.24, 2.45) is 0 Å². The molecule has 204 valence electrons. The van der Waals surface area contributed by atoms with Crippen molar-refractivity contribution >= 4 is 29.8 Å². The van der Waals surface area contributed by atoms with Crippen LogP contribution in [0, 0.1) is 0 Å². The summed E-state index contributed by atoms with van der Waals surface area (Å²) in [5, 5.41) is 2.33. The molecule has 2 aromatic rings. The number of urea groups is 1. The smallest absolute Gasteiger partial charge is 0.331 e. The van der Waals surface area contributed by atoms with E-state index in [2.05, 4.69) is 5.32 Å². The highest BCUT2D eigenvalue weighted by molar-refractivity contribution is 6.31. The van der Waals surface area contributed by atoms with E-state index in [1.165, 1.54) is 18.1 Å². The van der Waals surface area contributed by atoms with Crippen LogP contribution in [0.4, 0.5) is 4.79 Å². The molecule has 10 heteroatoms. The van der Waals surface area contributed by atoms with Gasteiger partial charge in [0.15, 0.2) is 11.5 Å². The maximum absolute atomic E-state index is 13.5. The number of amides is 5. The van der Waals surface area contributed by atoms with Crippen LogP contribution in [-0.4, -0.2) is 67.1 Å². The Kier molecular flexibility index (Phi) is 7.53. The van der Waals surface area contributed by atoms with Crippen molar-refractivity contribution in [1.82, 2.24) is 15.1 Å². The average Bonchev–Trinajstić information content (AvgIpc) is 3.42. The minimum atomic E-state index is -0.765. The van der Waals surface area contributed by atoms with Crippen LogP contribution < -0.4 is 19.5 Å². The SMILES string of the molecule is COc1c(C=C2C(=O)NC(=O)N(C3CCCCC3)C2=O)c(CCN(C)C(=O)c2ccccc2)cc2c1OCO2. The Hall–Kier alpha value is -4.34. The van der Waals surface area contributed by atoms with Gasteiger partial charge in [-0.3, -0.25) is 24.6 Å². The number of hydrogen-bond donors (Lipinski definition) is 1.